The number of aliphatic hydroxyl groups is 1. The first-order valence-electron chi connectivity index (χ1n) is 7.93. The van der Waals surface area contributed by atoms with Crippen LogP contribution in [-0.2, 0) is 0 Å². The number of nitrogens with one attached hydrogen (secondary N) is 2. The van der Waals surface area contributed by atoms with Gasteiger partial charge in [-0.15, -0.1) is 0 Å². The van der Waals surface area contributed by atoms with E-state index in [1.54, 1.807) is 25.1 Å². The lowest BCUT2D eigenvalue weighted by Crippen LogP contribution is -2.37. The number of hydrogen-bond acceptors (Lipinski definition) is 5. The Morgan fingerprint density at radius 3 is 2.76 bits per heavy atom. The second-order valence-corrected chi connectivity index (χ2v) is 5.71. The fourth-order valence-corrected chi connectivity index (χ4v) is 2.44. The number of benzene rings is 1. The number of anilines is 1. The van der Waals surface area contributed by atoms with Crippen molar-refractivity contribution >= 4 is 11.8 Å². The van der Waals surface area contributed by atoms with Gasteiger partial charge in [-0.25, -0.2) is 4.79 Å². The predicted octanol–water partition coefficient (Wildman–Crippen LogP) is 3.57. The van der Waals surface area contributed by atoms with Crippen LogP contribution in [0.1, 0.15) is 25.2 Å². The number of hydrogen-bond donors (Lipinski definition) is 3. The second kappa shape index (κ2) is 7.67. The van der Waals surface area contributed by atoms with E-state index in [1.165, 1.54) is 6.26 Å². The van der Waals surface area contributed by atoms with Crippen LogP contribution in [-0.4, -0.2) is 22.3 Å². The lowest BCUT2D eigenvalue weighted by atomic mass is 10.1. The fraction of sp³-hybridized carbons (Fsp3) is 0.222. The summed E-state index contributed by atoms with van der Waals surface area (Å²) >= 11 is 0. The summed E-state index contributed by atoms with van der Waals surface area (Å²) in [7, 11) is 0. The Hall–Kier alpha value is -3.06. The zero-order chi connectivity index (χ0) is 17.6. The quantitative estimate of drug-likeness (QED) is 0.636. The van der Waals surface area contributed by atoms with Crippen molar-refractivity contribution in [2.45, 2.75) is 25.5 Å². The highest BCUT2D eigenvalue weighted by Crippen LogP contribution is 2.22. The largest absolute Gasteiger partial charge is 0.467 e. The van der Waals surface area contributed by atoms with Crippen LogP contribution in [0, 0.1) is 0 Å². The molecule has 2 aromatic heterocycles. The minimum Gasteiger partial charge on any atom is -0.467 e. The van der Waals surface area contributed by atoms with E-state index in [9.17, 15) is 9.90 Å². The lowest BCUT2D eigenvalue weighted by Gasteiger charge is -2.16. The Bertz CT molecular complexity index is 799. The number of urea groups is 1. The van der Waals surface area contributed by atoms with Crippen LogP contribution in [0.25, 0.3) is 11.3 Å². The average molecular weight is 341 g/mol. The number of aromatic nitrogens is 1. The molecule has 0 fully saturated rings. The van der Waals surface area contributed by atoms with Crippen molar-refractivity contribution in [1.29, 1.82) is 0 Å². The third-order valence-corrected chi connectivity index (χ3v) is 3.64. The van der Waals surface area contributed by atoms with Crippen molar-refractivity contribution in [3.05, 3.63) is 60.6 Å². The zero-order valence-corrected chi connectivity index (χ0v) is 13.7. The van der Waals surface area contributed by atoms with E-state index in [2.05, 4.69) is 15.8 Å². The van der Waals surface area contributed by atoms with Gasteiger partial charge >= 0.3 is 6.03 Å². The molecule has 7 heteroatoms. The molecule has 3 N–H and O–H groups in total. The SMILES string of the molecule is CC(CC(O)c1ccco1)NC(=O)Nc1cc(-c2ccccc2)on1. The van der Waals surface area contributed by atoms with Crippen LogP contribution in [0.2, 0.25) is 0 Å². The third-order valence-electron chi connectivity index (χ3n) is 3.64. The second-order valence-electron chi connectivity index (χ2n) is 5.71. The highest BCUT2D eigenvalue weighted by atomic mass is 16.5. The van der Waals surface area contributed by atoms with Gasteiger partial charge in [0.05, 0.1) is 6.26 Å². The van der Waals surface area contributed by atoms with Crippen LogP contribution in [0.3, 0.4) is 0 Å². The molecule has 130 valence electrons. The van der Waals surface area contributed by atoms with E-state index in [4.69, 9.17) is 8.94 Å². The highest BCUT2D eigenvalue weighted by Gasteiger charge is 2.17. The van der Waals surface area contributed by atoms with Gasteiger partial charge in [0.15, 0.2) is 11.6 Å². The van der Waals surface area contributed by atoms with E-state index >= 15 is 0 Å². The van der Waals surface area contributed by atoms with Gasteiger partial charge in [-0.1, -0.05) is 35.5 Å². The van der Waals surface area contributed by atoms with Crippen molar-refractivity contribution < 1.29 is 18.8 Å². The number of furan rings is 1. The van der Waals surface area contributed by atoms with Gasteiger partial charge in [0.2, 0.25) is 0 Å². The first-order valence-corrected chi connectivity index (χ1v) is 7.93. The standard InChI is InChI=1S/C18H19N3O4/c1-12(10-14(22)15-8-5-9-24-15)19-18(23)20-17-11-16(25-21-17)13-6-3-2-4-7-13/h2-9,11-12,14,22H,10H2,1H3,(H2,19,20,21,23). The molecule has 0 saturated heterocycles. The van der Waals surface area contributed by atoms with Gasteiger partial charge in [-0.2, -0.15) is 0 Å². The Morgan fingerprint density at radius 2 is 2.04 bits per heavy atom. The minimum absolute atomic E-state index is 0.263. The normalized spacial score (nSPS) is 13.2. The predicted molar refractivity (Wildman–Crippen MR) is 91.8 cm³/mol. The number of carbonyl (C=O) groups excluding carboxylic acids is 1. The number of amides is 2. The molecule has 1 aromatic carbocycles. The summed E-state index contributed by atoms with van der Waals surface area (Å²) in [5.41, 5.74) is 0.874. The van der Waals surface area contributed by atoms with Crippen LogP contribution in [0.4, 0.5) is 10.6 Å². The number of nitrogens with zero attached hydrogens (tertiary/aromatic N) is 1. The maximum atomic E-state index is 12.0. The molecule has 0 spiro atoms. The van der Waals surface area contributed by atoms with Crippen molar-refractivity contribution in [3.8, 4) is 11.3 Å². The first kappa shape index (κ1) is 16.8. The van der Waals surface area contributed by atoms with Crippen LogP contribution >= 0.6 is 0 Å². The third kappa shape index (κ3) is 4.48. The molecule has 3 aromatic rings. The van der Waals surface area contributed by atoms with Crippen molar-refractivity contribution in [3.63, 3.8) is 0 Å². The van der Waals surface area contributed by atoms with Crippen molar-refractivity contribution in [2.75, 3.05) is 5.32 Å². The smallest absolute Gasteiger partial charge is 0.320 e. The topological polar surface area (TPSA) is 101 Å². The number of carbonyl (C=O) groups is 1. The molecule has 25 heavy (non-hydrogen) atoms. The van der Waals surface area contributed by atoms with Gasteiger partial charge in [0.1, 0.15) is 11.9 Å². The van der Waals surface area contributed by atoms with Gasteiger partial charge in [-0.3, -0.25) is 5.32 Å². The van der Waals surface area contributed by atoms with E-state index < -0.39 is 12.1 Å². The molecule has 2 amide bonds. The molecule has 2 unspecified atom stereocenters. The molecule has 0 aliphatic rings. The first-order chi connectivity index (χ1) is 12.1. The molecule has 7 nitrogen and oxygen atoms in total. The summed E-state index contributed by atoms with van der Waals surface area (Å²) in [6.45, 7) is 1.80. The summed E-state index contributed by atoms with van der Waals surface area (Å²) in [5.74, 6) is 1.35. The molecular formula is C18H19N3O4. The van der Waals surface area contributed by atoms with Gasteiger partial charge in [0, 0.05) is 24.1 Å². The van der Waals surface area contributed by atoms with Gasteiger partial charge in [-0.05, 0) is 19.1 Å². The van der Waals surface area contributed by atoms with Crippen LogP contribution in [0.15, 0.2) is 63.7 Å². The average Bonchev–Trinajstić information content (AvgIpc) is 3.27. The molecule has 0 bridgehead atoms. The zero-order valence-electron chi connectivity index (χ0n) is 13.7. The monoisotopic (exact) mass is 341 g/mol. The fourth-order valence-electron chi connectivity index (χ4n) is 2.44. The summed E-state index contributed by atoms with van der Waals surface area (Å²) < 4.78 is 10.4. The Morgan fingerprint density at radius 1 is 1.24 bits per heavy atom. The summed E-state index contributed by atoms with van der Waals surface area (Å²) in [4.78, 5) is 12.0. The molecular weight excluding hydrogens is 322 g/mol. The van der Waals surface area contributed by atoms with E-state index in [0.717, 1.165) is 5.56 Å². The van der Waals surface area contributed by atoms with Crippen LogP contribution < -0.4 is 10.6 Å². The van der Waals surface area contributed by atoms with E-state index in [0.29, 0.717) is 23.8 Å². The Balaban J connectivity index is 1.51. The molecule has 3 rings (SSSR count). The molecule has 0 aliphatic heterocycles. The lowest BCUT2D eigenvalue weighted by molar-refractivity contribution is 0.130. The summed E-state index contributed by atoms with van der Waals surface area (Å²) in [5, 5.41) is 19.2. The van der Waals surface area contributed by atoms with E-state index in [1.807, 2.05) is 30.3 Å². The maximum Gasteiger partial charge on any atom is 0.320 e. The van der Waals surface area contributed by atoms with Crippen molar-refractivity contribution in [1.82, 2.24) is 10.5 Å². The molecule has 2 heterocycles. The number of aliphatic hydroxyl groups excluding tert-OH is 1. The Labute approximate surface area is 144 Å². The van der Waals surface area contributed by atoms with Gasteiger partial charge in [0.25, 0.3) is 0 Å². The van der Waals surface area contributed by atoms with Gasteiger partial charge < -0.3 is 19.4 Å². The van der Waals surface area contributed by atoms with E-state index in [-0.39, 0.29) is 6.04 Å². The number of rotatable bonds is 6. The molecule has 0 aliphatic carbocycles. The molecule has 2 atom stereocenters. The molecule has 0 saturated carbocycles. The highest BCUT2D eigenvalue weighted by molar-refractivity contribution is 5.88. The van der Waals surface area contributed by atoms with Crippen molar-refractivity contribution in [2.24, 2.45) is 0 Å². The summed E-state index contributed by atoms with van der Waals surface area (Å²) in [6, 6.07) is 13.8. The van der Waals surface area contributed by atoms with Crippen LogP contribution in [0.5, 0.6) is 0 Å². The maximum absolute atomic E-state index is 12.0. The molecule has 0 radical (unpaired) electrons. The summed E-state index contributed by atoms with van der Waals surface area (Å²) in [6.07, 6.45) is 1.05. The Kier molecular flexibility index (Phi) is 5.15. The minimum atomic E-state index is -0.776.